The molecule has 102 heavy (non-hydrogen) atoms. The third-order valence-electron chi connectivity index (χ3n) is 30.5. The van der Waals surface area contributed by atoms with Crippen molar-refractivity contribution in [1.82, 2.24) is 19.6 Å². The smallest absolute Gasteiger partial charge is 0.196 e. The maximum Gasteiger partial charge on any atom is 0.196 e. The Hall–Kier alpha value is -6.78. The number of ether oxygens (including phenoxy) is 5. The first-order valence-corrected chi connectivity index (χ1v) is 38.1. The van der Waals surface area contributed by atoms with Crippen LogP contribution in [-0.2, 0) is 61.7 Å². The summed E-state index contributed by atoms with van der Waals surface area (Å²) in [6.45, 7) is 18.0. The van der Waals surface area contributed by atoms with Crippen molar-refractivity contribution in [3.8, 4) is 46.0 Å². The molecule has 10 bridgehead atoms. The number of aliphatic hydroxyl groups is 4. The molecule has 0 amide bonds. The van der Waals surface area contributed by atoms with Crippen molar-refractivity contribution in [1.29, 1.82) is 0 Å². The number of rotatable bonds is 9. The van der Waals surface area contributed by atoms with Crippen molar-refractivity contribution >= 4 is 11.6 Å². The first-order valence-electron chi connectivity index (χ1n) is 38.1. The Bertz CT molecular complexity index is 4390. The standard InChI is InChI=1S/C25H33NO4.C20H23NO4.C19H19NO4.C19H21NO3/c1-22(2,28)17-13-23-8-9-25(17,29-3)21-24(23)10-11-26(15-5-6-15)18(23)12-14-4-7-16(27)20(30-21)19(14)24;22-13-4-3-12-9-15-20(24)6-5-14(23)18-19(20,16(12)17(13)25-18)7-8-21(15)10-11-1-2-11;1-2-8-20-9-7-18-15-11-3-4-12(21)16(15)24-17(18)13(22)5-6-19(18,23)14(20)10-11;1-2-8-20-9-7-19-12-4-6-15(22)18(19)23-17-14(21)5-3-11(16(17)19)10-13(12)20/h4,7,15,17-18,21,27-28H,5-6,8-13H2,1-3H3;3-4,11,15,18,22,24H,1-2,5-10H2;2-6,14,17,21,23H,1,7-10H2;2-6,12-13,15,18,21-22H,1,7-10H2/t17-,18-,21-,23-,24+,25-;15-,18+,19+,20-;14-,17+,18+,19-;12-,13+,15-,18-,19-/m1110/s1. The van der Waals surface area contributed by atoms with E-state index in [4.69, 9.17) is 23.7 Å². The summed E-state index contributed by atoms with van der Waals surface area (Å²) in [6, 6.07) is 16.4. The van der Waals surface area contributed by atoms with Gasteiger partial charge in [-0.1, -0.05) is 48.6 Å². The number of hydrogen-bond donors (Lipinski definition) is 8. The van der Waals surface area contributed by atoms with Gasteiger partial charge in [0.25, 0.3) is 0 Å². The number of methoxy groups -OCH3 is 1. The summed E-state index contributed by atoms with van der Waals surface area (Å²) in [5.74, 6) is 3.78. The van der Waals surface area contributed by atoms with Crippen molar-refractivity contribution in [3.05, 3.63) is 143 Å². The number of benzene rings is 4. The van der Waals surface area contributed by atoms with Gasteiger partial charge in [-0.3, -0.25) is 29.2 Å². The zero-order valence-electron chi connectivity index (χ0n) is 58.7. The van der Waals surface area contributed by atoms with Gasteiger partial charge in [-0.05, 0) is 201 Å². The highest BCUT2D eigenvalue weighted by atomic mass is 16.6. The topological polar surface area (TPSA) is 255 Å². The van der Waals surface area contributed by atoms with Crippen molar-refractivity contribution in [3.63, 3.8) is 0 Å². The first kappa shape index (κ1) is 64.8. The summed E-state index contributed by atoms with van der Waals surface area (Å²) >= 11 is 0. The molecule has 20 aliphatic rings. The average molecular weight is 1390 g/mol. The number of carbonyl (C=O) groups excluding carboxylic acids is 2. The largest absolute Gasteiger partial charge is 0.504 e. The molecule has 24 rings (SSSR count). The normalized spacial score (nSPS) is 41.7. The van der Waals surface area contributed by atoms with Crippen LogP contribution in [0.3, 0.4) is 0 Å². The molecule has 8 heterocycles. The summed E-state index contributed by atoms with van der Waals surface area (Å²) in [5, 5.41) is 87.2. The Labute approximate surface area is 595 Å². The van der Waals surface area contributed by atoms with Gasteiger partial charge in [0.15, 0.2) is 69.8 Å². The molecule has 8 aliphatic heterocycles. The number of phenols is 4. The van der Waals surface area contributed by atoms with Gasteiger partial charge in [0.2, 0.25) is 0 Å². The number of aromatic hydroxyl groups is 4. The molecule has 10 fully saturated rings. The van der Waals surface area contributed by atoms with Crippen LogP contribution >= 0.6 is 0 Å². The maximum absolute atomic E-state index is 12.7. The summed E-state index contributed by atoms with van der Waals surface area (Å²) in [6.07, 6.45) is 24.5. The first-order chi connectivity index (χ1) is 49.0. The van der Waals surface area contributed by atoms with Crippen LogP contribution in [0.1, 0.15) is 142 Å². The molecule has 4 saturated heterocycles. The van der Waals surface area contributed by atoms with E-state index in [2.05, 4.69) is 44.9 Å². The van der Waals surface area contributed by atoms with Crippen molar-refractivity contribution in [2.24, 2.45) is 23.2 Å². The average Bonchev–Trinajstić information content (AvgIpc) is 1.32. The van der Waals surface area contributed by atoms with E-state index in [1.54, 1.807) is 31.4 Å². The molecular weight excluding hydrogens is 1290 g/mol. The van der Waals surface area contributed by atoms with Gasteiger partial charge in [0.1, 0.15) is 29.5 Å². The number of piperidine rings is 4. The number of fused-ring (bicyclic) bond motifs is 2. The Morgan fingerprint density at radius 3 is 1.85 bits per heavy atom. The van der Waals surface area contributed by atoms with E-state index in [9.17, 15) is 50.4 Å². The van der Waals surface area contributed by atoms with Crippen molar-refractivity contribution < 1.29 is 74.1 Å². The zero-order chi connectivity index (χ0) is 70.1. The molecule has 5 spiro atoms. The van der Waals surface area contributed by atoms with Gasteiger partial charge in [-0.15, -0.1) is 13.2 Å². The van der Waals surface area contributed by atoms with E-state index >= 15 is 0 Å². The summed E-state index contributed by atoms with van der Waals surface area (Å²) in [5.41, 5.74) is 3.84. The van der Waals surface area contributed by atoms with E-state index in [-0.39, 0.29) is 81.0 Å². The lowest BCUT2D eigenvalue weighted by molar-refractivity contribution is -0.300. The molecule has 19 atom stereocenters. The number of likely N-dealkylation sites (tertiary alicyclic amines) is 4. The van der Waals surface area contributed by atoms with Crippen LogP contribution in [0.5, 0.6) is 46.0 Å². The molecule has 19 heteroatoms. The number of hydrogen-bond acceptors (Lipinski definition) is 19. The molecule has 538 valence electrons. The lowest BCUT2D eigenvalue weighted by Gasteiger charge is -2.75. The molecule has 19 nitrogen and oxygen atoms in total. The highest BCUT2D eigenvalue weighted by Gasteiger charge is 2.83. The number of ketones is 2. The van der Waals surface area contributed by atoms with E-state index < -0.39 is 51.5 Å². The van der Waals surface area contributed by atoms with E-state index in [1.807, 2.05) is 56.3 Å². The van der Waals surface area contributed by atoms with Gasteiger partial charge in [0, 0.05) is 120 Å². The van der Waals surface area contributed by atoms with Crippen LogP contribution < -0.4 is 18.9 Å². The highest BCUT2D eigenvalue weighted by molar-refractivity contribution is 5.99. The second kappa shape index (κ2) is 21.5. The van der Waals surface area contributed by atoms with Gasteiger partial charge in [0.05, 0.1) is 22.0 Å². The van der Waals surface area contributed by atoms with Crippen molar-refractivity contribution in [2.45, 2.75) is 228 Å². The second-order valence-electron chi connectivity index (χ2n) is 34.8. The molecule has 4 aromatic rings. The molecule has 0 radical (unpaired) electrons. The number of Topliss-reactive ketones (excluding diaryl/α,β-unsaturated/α-hetero) is 1. The van der Waals surface area contributed by atoms with E-state index in [1.165, 1.54) is 48.4 Å². The predicted molar refractivity (Wildman–Crippen MR) is 376 cm³/mol. The fourth-order valence-electron chi connectivity index (χ4n) is 26.3. The summed E-state index contributed by atoms with van der Waals surface area (Å²) < 4.78 is 31.3. The van der Waals surface area contributed by atoms with Gasteiger partial charge in [-0.2, -0.15) is 0 Å². The quantitative estimate of drug-likeness (QED) is 0.0755. The predicted octanol–water partition coefficient (Wildman–Crippen LogP) is 7.50. The monoisotopic (exact) mass is 1390 g/mol. The van der Waals surface area contributed by atoms with Gasteiger partial charge in [-0.25, -0.2) is 0 Å². The molecule has 8 N–H and O–H groups in total. The Morgan fingerprint density at radius 1 is 0.618 bits per heavy atom. The van der Waals surface area contributed by atoms with E-state index in [0.717, 1.165) is 137 Å². The van der Waals surface area contributed by atoms with Crippen LogP contribution in [0.2, 0.25) is 0 Å². The van der Waals surface area contributed by atoms with Gasteiger partial charge >= 0.3 is 0 Å². The maximum atomic E-state index is 12.7. The molecule has 0 aromatic heterocycles. The Balaban J connectivity index is 0.0000000916. The Morgan fingerprint density at radius 2 is 1.20 bits per heavy atom. The third kappa shape index (κ3) is 7.83. The SMILES string of the molecule is C=CCN1CC[C@]23c4c5ccc(O)c4O[C@H]2C(=O)C=C[C@@]3(O)[C@H]1C5.C=CCN1CC[C@]23c4c5ccc(O)c4O[C@H]2[C@@H](O)C=C[C@H]3[C@H]1C5.CO[C@]12CC[C@@]3(C[C@@H]1C(C)(C)O)[C@H]1Cc4ccc(O)c5c4[C@@]3(CCN1C1CC1)[C@H]2O5.O=C1CC[C@@]2(O)[C@H]3Cc4ccc(O)c5c4[C@@]2(CCN3CC2CC2)[C@H]1O5. The zero-order valence-corrected chi connectivity index (χ0v) is 58.7. The van der Waals surface area contributed by atoms with Crippen LogP contribution in [0.25, 0.3) is 0 Å². The number of carbonyl (C=O) groups is 2. The molecule has 0 unspecified atom stereocenters. The number of phenolic OH excluding ortho intramolecular Hbond substituents is 4. The number of nitrogens with zero attached hydrogens (tertiary/aromatic N) is 4. The summed E-state index contributed by atoms with van der Waals surface area (Å²) in [4.78, 5) is 35.3. The van der Waals surface area contributed by atoms with Crippen LogP contribution in [0.15, 0.2) is 98.1 Å². The fraction of sp³-hybridized carbons (Fsp3) is 0.590. The third-order valence-corrected chi connectivity index (χ3v) is 30.5. The fourth-order valence-corrected chi connectivity index (χ4v) is 26.3. The number of aliphatic hydroxyl groups excluding tert-OH is 1. The molecular formula is C83H96N4O15. The molecule has 12 aliphatic carbocycles. The minimum atomic E-state index is -1.18. The van der Waals surface area contributed by atoms with Crippen LogP contribution in [0, 0.1) is 23.2 Å². The van der Waals surface area contributed by atoms with Crippen molar-refractivity contribution in [2.75, 3.05) is 52.9 Å². The second-order valence-corrected chi connectivity index (χ2v) is 34.8. The highest BCUT2D eigenvalue weighted by Crippen LogP contribution is 2.78. The Kier molecular flexibility index (Phi) is 13.6. The lowest BCUT2D eigenvalue weighted by atomic mass is 9.34. The minimum absolute atomic E-state index is 0.0153. The van der Waals surface area contributed by atoms with E-state index in [0.29, 0.717) is 73.2 Å². The molecule has 4 aromatic carbocycles. The minimum Gasteiger partial charge on any atom is -0.504 e. The van der Waals surface area contributed by atoms with Crippen LogP contribution in [-0.4, -0.2) is 208 Å². The van der Waals surface area contributed by atoms with Gasteiger partial charge < -0.3 is 64.5 Å². The molecule has 6 saturated carbocycles. The van der Waals surface area contributed by atoms with Crippen LogP contribution in [0.4, 0.5) is 0 Å². The lowest BCUT2D eigenvalue weighted by Crippen LogP contribution is -2.82. The summed E-state index contributed by atoms with van der Waals surface area (Å²) in [7, 11) is 1.81.